The predicted octanol–water partition coefficient (Wildman–Crippen LogP) is 6.72. The molecule has 1 aromatic carbocycles. The molecule has 1 aromatic heterocycles. The zero-order valence-corrected chi connectivity index (χ0v) is 21.2. The maximum Gasteiger partial charge on any atom is 0.304 e. The van der Waals surface area contributed by atoms with Crippen molar-refractivity contribution in [2.75, 3.05) is 5.32 Å². The molecule has 1 atom stereocenters. The lowest BCUT2D eigenvalue weighted by atomic mass is 9.67. The predicted molar refractivity (Wildman–Crippen MR) is 132 cm³/mol. The van der Waals surface area contributed by atoms with Gasteiger partial charge >= 0.3 is 5.97 Å². The summed E-state index contributed by atoms with van der Waals surface area (Å²) in [4.78, 5) is 24.6. The van der Waals surface area contributed by atoms with Crippen molar-refractivity contribution in [1.82, 2.24) is 5.16 Å². The molecule has 0 unspecified atom stereocenters. The number of carboxylic acids is 1. The molecule has 2 N–H and O–H groups in total. The molecule has 2 fully saturated rings. The van der Waals surface area contributed by atoms with Crippen molar-refractivity contribution < 1.29 is 19.2 Å². The third kappa shape index (κ3) is 6.01. The highest BCUT2D eigenvalue weighted by atomic mass is 35.5. The van der Waals surface area contributed by atoms with Gasteiger partial charge in [0.15, 0.2) is 0 Å². The topological polar surface area (TPSA) is 92.4 Å². The molecule has 184 valence electrons. The summed E-state index contributed by atoms with van der Waals surface area (Å²) < 4.78 is 5.87. The number of aliphatic carboxylic acids is 1. The number of carbonyl (C=O) groups is 2. The number of aromatic nitrogens is 1. The smallest absolute Gasteiger partial charge is 0.304 e. The molecule has 34 heavy (non-hydrogen) atoms. The summed E-state index contributed by atoms with van der Waals surface area (Å²) >= 11 is 6.27. The van der Waals surface area contributed by atoms with Crippen LogP contribution in [0.5, 0.6) is 0 Å². The summed E-state index contributed by atoms with van der Waals surface area (Å²) in [5.41, 5.74) is 3.66. The molecule has 2 aromatic rings. The quantitative estimate of drug-likeness (QED) is 0.410. The van der Waals surface area contributed by atoms with E-state index in [9.17, 15) is 14.7 Å². The van der Waals surface area contributed by atoms with Gasteiger partial charge in [0.25, 0.3) is 0 Å². The molecule has 7 heteroatoms. The van der Waals surface area contributed by atoms with Crippen molar-refractivity contribution in [2.45, 2.75) is 84.5 Å². The third-order valence-electron chi connectivity index (χ3n) is 6.94. The van der Waals surface area contributed by atoms with E-state index in [-0.39, 0.29) is 18.7 Å². The zero-order valence-electron chi connectivity index (χ0n) is 20.5. The maximum atomic E-state index is 13.1. The first-order valence-corrected chi connectivity index (χ1v) is 12.6. The highest BCUT2D eigenvalue weighted by Gasteiger charge is 2.41. The number of rotatable bonds is 9. The zero-order chi connectivity index (χ0) is 24.6. The van der Waals surface area contributed by atoms with Crippen LogP contribution in [0.2, 0.25) is 5.02 Å². The van der Waals surface area contributed by atoms with Crippen LogP contribution in [0.15, 0.2) is 22.7 Å². The van der Waals surface area contributed by atoms with E-state index in [2.05, 4.69) is 31.2 Å². The SMILES string of the molecule is Cc1ccc(NC(=O)[C@@H](CC(=O)O)Cc2noc(C3CC(CC(C)(C)C)C3)c2C2CC2)c(Cl)c1. The van der Waals surface area contributed by atoms with Gasteiger partial charge in [-0.05, 0) is 74.0 Å². The number of anilines is 1. The van der Waals surface area contributed by atoms with E-state index in [1.54, 1.807) is 12.1 Å². The van der Waals surface area contributed by atoms with Crippen LogP contribution in [0.25, 0.3) is 0 Å². The number of aryl methyl sites for hydroxylation is 1. The molecule has 1 amide bonds. The van der Waals surface area contributed by atoms with Crippen molar-refractivity contribution in [3.63, 3.8) is 0 Å². The van der Waals surface area contributed by atoms with Gasteiger partial charge in [0.1, 0.15) is 5.76 Å². The van der Waals surface area contributed by atoms with Crippen LogP contribution in [0.4, 0.5) is 5.69 Å². The summed E-state index contributed by atoms with van der Waals surface area (Å²) in [6, 6.07) is 5.36. The van der Waals surface area contributed by atoms with E-state index >= 15 is 0 Å². The van der Waals surface area contributed by atoms with Gasteiger partial charge in [-0.3, -0.25) is 9.59 Å². The Bertz CT molecular complexity index is 1060. The van der Waals surface area contributed by atoms with Crippen LogP contribution >= 0.6 is 11.6 Å². The molecular formula is C27H35ClN2O4. The Hall–Kier alpha value is -2.34. The second-order valence-corrected chi connectivity index (χ2v) is 11.9. The minimum atomic E-state index is -1.02. The molecule has 0 bridgehead atoms. The van der Waals surface area contributed by atoms with Crippen molar-refractivity contribution in [1.29, 1.82) is 0 Å². The van der Waals surface area contributed by atoms with Crippen molar-refractivity contribution in [3.05, 3.63) is 45.8 Å². The highest BCUT2D eigenvalue weighted by Crippen LogP contribution is 2.52. The Morgan fingerprint density at radius 3 is 2.53 bits per heavy atom. The van der Waals surface area contributed by atoms with Gasteiger partial charge in [0, 0.05) is 17.9 Å². The number of benzene rings is 1. The monoisotopic (exact) mass is 486 g/mol. The van der Waals surface area contributed by atoms with Gasteiger partial charge in [0.2, 0.25) is 5.91 Å². The minimum absolute atomic E-state index is 0.245. The number of carboxylic acid groups (broad SMARTS) is 1. The standard InChI is InChI=1S/C27H35ClN2O4/c1-15-5-8-21(20(28)9-15)29-26(33)19(13-23(31)32)12-22-24(17-6-7-17)25(34-30-22)18-10-16(11-18)14-27(2,3)4/h5,8-9,16-19H,6-7,10-14H2,1-4H3,(H,29,33)(H,31,32)/t16?,18?,19-/m1/s1. The van der Waals surface area contributed by atoms with Gasteiger partial charge in [-0.25, -0.2) is 0 Å². The Morgan fingerprint density at radius 1 is 1.24 bits per heavy atom. The van der Waals surface area contributed by atoms with Gasteiger partial charge in [0.05, 0.1) is 28.7 Å². The Kier molecular flexibility index (Phi) is 7.09. The van der Waals surface area contributed by atoms with Crippen LogP contribution in [-0.4, -0.2) is 22.1 Å². The molecule has 0 radical (unpaired) electrons. The lowest BCUT2D eigenvalue weighted by Gasteiger charge is -2.38. The maximum absolute atomic E-state index is 13.1. The summed E-state index contributed by atoms with van der Waals surface area (Å²) in [5, 5.41) is 17.1. The second-order valence-electron chi connectivity index (χ2n) is 11.5. The minimum Gasteiger partial charge on any atom is -0.481 e. The number of amides is 1. The van der Waals surface area contributed by atoms with Gasteiger partial charge in [-0.1, -0.05) is 43.6 Å². The normalized spacial score (nSPS) is 21.1. The molecule has 0 saturated heterocycles. The Labute approximate surface area is 206 Å². The number of hydrogen-bond donors (Lipinski definition) is 2. The van der Waals surface area contributed by atoms with Crippen molar-refractivity contribution in [3.8, 4) is 0 Å². The van der Waals surface area contributed by atoms with E-state index in [1.807, 2.05) is 13.0 Å². The van der Waals surface area contributed by atoms with E-state index < -0.39 is 11.9 Å². The average molecular weight is 487 g/mol. The van der Waals surface area contributed by atoms with Crippen LogP contribution in [-0.2, 0) is 16.0 Å². The number of nitrogens with one attached hydrogen (secondary N) is 1. The van der Waals surface area contributed by atoms with Crippen LogP contribution < -0.4 is 5.32 Å². The van der Waals surface area contributed by atoms with E-state index in [1.165, 1.54) is 6.42 Å². The summed E-state index contributed by atoms with van der Waals surface area (Å²) in [6.45, 7) is 8.75. The molecule has 6 nitrogen and oxygen atoms in total. The van der Waals surface area contributed by atoms with Gasteiger partial charge in [-0.15, -0.1) is 0 Å². The fraction of sp³-hybridized carbons (Fsp3) is 0.593. The van der Waals surface area contributed by atoms with E-state index in [0.29, 0.717) is 33.9 Å². The highest BCUT2D eigenvalue weighted by molar-refractivity contribution is 6.33. The van der Waals surface area contributed by atoms with Gasteiger partial charge < -0.3 is 14.9 Å². The number of carbonyl (C=O) groups excluding carboxylic acids is 1. The summed E-state index contributed by atoms with van der Waals surface area (Å²) in [7, 11) is 0. The molecule has 2 aliphatic rings. The van der Waals surface area contributed by atoms with Crippen LogP contribution in [0, 0.1) is 24.2 Å². The molecule has 0 spiro atoms. The first-order chi connectivity index (χ1) is 16.0. The fourth-order valence-corrected chi connectivity index (χ4v) is 5.52. The van der Waals surface area contributed by atoms with Crippen molar-refractivity contribution in [2.24, 2.45) is 17.3 Å². The van der Waals surface area contributed by atoms with E-state index in [0.717, 1.165) is 48.3 Å². The fourth-order valence-electron chi connectivity index (χ4n) is 5.24. The number of nitrogens with zero attached hydrogens (tertiary/aromatic N) is 1. The summed E-state index contributed by atoms with van der Waals surface area (Å²) in [5.74, 6) is 0.318. The third-order valence-corrected chi connectivity index (χ3v) is 7.25. The Balaban J connectivity index is 1.49. The van der Waals surface area contributed by atoms with Crippen molar-refractivity contribution >= 4 is 29.2 Å². The van der Waals surface area contributed by atoms with E-state index in [4.69, 9.17) is 16.1 Å². The lowest BCUT2D eigenvalue weighted by Crippen LogP contribution is -2.28. The van der Waals surface area contributed by atoms with Gasteiger partial charge in [-0.2, -0.15) is 0 Å². The molecule has 2 aliphatic carbocycles. The largest absolute Gasteiger partial charge is 0.481 e. The molecule has 2 saturated carbocycles. The summed E-state index contributed by atoms with van der Waals surface area (Å²) in [6.07, 6.45) is 5.56. The first-order valence-electron chi connectivity index (χ1n) is 12.3. The number of hydrogen-bond acceptors (Lipinski definition) is 4. The van der Waals surface area contributed by atoms with Crippen LogP contribution in [0.3, 0.4) is 0 Å². The number of halogens is 1. The van der Waals surface area contributed by atoms with Crippen LogP contribution in [0.1, 0.15) is 93.7 Å². The second kappa shape index (κ2) is 9.73. The molecule has 1 heterocycles. The average Bonchev–Trinajstić information content (AvgIpc) is 3.45. The molecule has 0 aliphatic heterocycles. The first kappa shape index (κ1) is 24.8. The molecular weight excluding hydrogens is 452 g/mol. The Morgan fingerprint density at radius 2 is 1.94 bits per heavy atom. The molecule has 4 rings (SSSR count). The lowest BCUT2D eigenvalue weighted by molar-refractivity contribution is -0.140.